The SMILES string of the molecule is CC1CCC(C)N(CC(C)Cc2ccc(C(C)(C)C)cc2)C1. The van der Waals surface area contributed by atoms with Gasteiger partial charge in [0.15, 0.2) is 0 Å². The van der Waals surface area contributed by atoms with Gasteiger partial charge in [-0.25, -0.2) is 0 Å². The van der Waals surface area contributed by atoms with Gasteiger partial charge in [0.1, 0.15) is 0 Å². The molecule has 1 aromatic rings. The molecule has 1 saturated heterocycles. The Labute approximate surface area is 138 Å². The van der Waals surface area contributed by atoms with Crippen molar-refractivity contribution in [2.24, 2.45) is 11.8 Å². The Hall–Kier alpha value is -0.820. The number of hydrogen-bond acceptors (Lipinski definition) is 1. The second-order valence-electron chi connectivity index (χ2n) is 8.74. The van der Waals surface area contributed by atoms with Gasteiger partial charge in [-0.3, -0.25) is 0 Å². The quantitative estimate of drug-likeness (QED) is 0.731. The first-order valence-corrected chi connectivity index (χ1v) is 9.09. The number of rotatable bonds is 4. The standard InChI is InChI=1S/C21H35N/c1-16-7-8-18(3)22(14-16)15-17(2)13-19-9-11-20(12-10-19)21(4,5)6/h9-12,16-18H,7-8,13-15H2,1-6H3. The fourth-order valence-corrected chi connectivity index (χ4v) is 3.64. The van der Waals surface area contributed by atoms with Crippen LogP contribution in [0.3, 0.4) is 0 Å². The summed E-state index contributed by atoms with van der Waals surface area (Å²) in [7, 11) is 0. The van der Waals surface area contributed by atoms with E-state index in [4.69, 9.17) is 0 Å². The zero-order valence-electron chi connectivity index (χ0n) is 15.5. The molecule has 0 amide bonds. The molecule has 1 fully saturated rings. The van der Waals surface area contributed by atoms with Crippen LogP contribution in [0.5, 0.6) is 0 Å². The third kappa shape index (κ3) is 4.84. The van der Waals surface area contributed by atoms with Crippen molar-refractivity contribution in [3.05, 3.63) is 35.4 Å². The van der Waals surface area contributed by atoms with Crippen LogP contribution in [0.25, 0.3) is 0 Å². The van der Waals surface area contributed by atoms with E-state index in [0.717, 1.165) is 17.9 Å². The van der Waals surface area contributed by atoms with Crippen molar-refractivity contribution in [1.82, 2.24) is 4.90 Å². The van der Waals surface area contributed by atoms with Crippen molar-refractivity contribution < 1.29 is 0 Å². The number of likely N-dealkylation sites (tertiary alicyclic amines) is 1. The summed E-state index contributed by atoms with van der Waals surface area (Å²) < 4.78 is 0. The second kappa shape index (κ2) is 7.17. The molecule has 3 atom stereocenters. The van der Waals surface area contributed by atoms with Crippen LogP contribution in [0.4, 0.5) is 0 Å². The smallest absolute Gasteiger partial charge is 0.00672 e. The van der Waals surface area contributed by atoms with Crippen molar-refractivity contribution >= 4 is 0 Å². The van der Waals surface area contributed by atoms with Gasteiger partial charge in [0, 0.05) is 19.1 Å². The molecule has 124 valence electrons. The lowest BCUT2D eigenvalue weighted by Crippen LogP contribution is -2.43. The Kier molecular flexibility index (Phi) is 5.71. The summed E-state index contributed by atoms with van der Waals surface area (Å²) in [6.07, 6.45) is 3.97. The zero-order valence-corrected chi connectivity index (χ0v) is 15.5. The minimum absolute atomic E-state index is 0.253. The van der Waals surface area contributed by atoms with E-state index in [2.05, 4.69) is 70.7 Å². The van der Waals surface area contributed by atoms with Gasteiger partial charge in [-0.15, -0.1) is 0 Å². The molecule has 1 nitrogen and oxygen atoms in total. The second-order valence-corrected chi connectivity index (χ2v) is 8.74. The molecule has 22 heavy (non-hydrogen) atoms. The largest absolute Gasteiger partial charge is 0.300 e. The summed E-state index contributed by atoms with van der Waals surface area (Å²) in [4.78, 5) is 2.71. The van der Waals surface area contributed by atoms with Crippen LogP contribution in [0.15, 0.2) is 24.3 Å². The van der Waals surface area contributed by atoms with Gasteiger partial charge >= 0.3 is 0 Å². The highest BCUT2D eigenvalue weighted by molar-refractivity contribution is 5.27. The summed E-state index contributed by atoms with van der Waals surface area (Å²) in [5, 5.41) is 0. The van der Waals surface area contributed by atoms with E-state index < -0.39 is 0 Å². The van der Waals surface area contributed by atoms with Crippen LogP contribution in [0.1, 0.15) is 65.5 Å². The van der Waals surface area contributed by atoms with E-state index in [1.807, 2.05) is 0 Å². The molecule has 0 aliphatic carbocycles. The van der Waals surface area contributed by atoms with Gasteiger partial charge in [0.25, 0.3) is 0 Å². The van der Waals surface area contributed by atoms with Crippen LogP contribution in [-0.4, -0.2) is 24.0 Å². The van der Waals surface area contributed by atoms with Gasteiger partial charge in [-0.1, -0.05) is 58.9 Å². The van der Waals surface area contributed by atoms with Crippen molar-refractivity contribution in [3.8, 4) is 0 Å². The molecule has 2 rings (SSSR count). The summed E-state index contributed by atoms with van der Waals surface area (Å²) in [6, 6.07) is 10.1. The van der Waals surface area contributed by atoms with Crippen molar-refractivity contribution in [3.63, 3.8) is 0 Å². The summed E-state index contributed by atoms with van der Waals surface area (Å²) in [6.45, 7) is 16.6. The molecule has 0 N–H and O–H groups in total. The van der Waals surface area contributed by atoms with Crippen LogP contribution >= 0.6 is 0 Å². The van der Waals surface area contributed by atoms with Gasteiger partial charge in [-0.2, -0.15) is 0 Å². The molecule has 0 spiro atoms. The fourth-order valence-electron chi connectivity index (χ4n) is 3.64. The monoisotopic (exact) mass is 301 g/mol. The van der Waals surface area contributed by atoms with E-state index in [9.17, 15) is 0 Å². The lowest BCUT2D eigenvalue weighted by atomic mass is 9.86. The fraction of sp³-hybridized carbons (Fsp3) is 0.714. The normalized spacial score (nSPS) is 25.2. The first-order valence-electron chi connectivity index (χ1n) is 9.09. The van der Waals surface area contributed by atoms with Crippen molar-refractivity contribution in [2.75, 3.05) is 13.1 Å². The topological polar surface area (TPSA) is 3.24 Å². The third-order valence-electron chi connectivity index (χ3n) is 5.20. The summed E-state index contributed by atoms with van der Waals surface area (Å²) in [5.41, 5.74) is 3.17. The molecular weight excluding hydrogens is 266 g/mol. The lowest BCUT2D eigenvalue weighted by Gasteiger charge is -2.38. The minimum Gasteiger partial charge on any atom is -0.300 e. The van der Waals surface area contributed by atoms with Crippen LogP contribution in [-0.2, 0) is 11.8 Å². The van der Waals surface area contributed by atoms with Crippen molar-refractivity contribution in [1.29, 1.82) is 0 Å². The molecule has 1 aliphatic heterocycles. The molecule has 1 aromatic carbocycles. The maximum atomic E-state index is 2.71. The summed E-state index contributed by atoms with van der Waals surface area (Å²) in [5.74, 6) is 1.60. The first-order chi connectivity index (χ1) is 10.3. The Balaban J connectivity index is 1.90. The third-order valence-corrected chi connectivity index (χ3v) is 5.20. The highest BCUT2D eigenvalue weighted by atomic mass is 15.2. The molecule has 1 heteroatoms. The predicted molar refractivity (Wildman–Crippen MR) is 97.4 cm³/mol. The predicted octanol–water partition coefficient (Wildman–Crippen LogP) is 5.28. The molecule has 3 unspecified atom stereocenters. The lowest BCUT2D eigenvalue weighted by molar-refractivity contribution is 0.108. The Morgan fingerprint density at radius 2 is 1.73 bits per heavy atom. The summed E-state index contributed by atoms with van der Waals surface area (Å²) >= 11 is 0. The molecule has 1 heterocycles. The molecule has 0 aromatic heterocycles. The first kappa shape index (κ1) is 17.5. The van der Waals surface area contributed by atoms with E-state index >= 15 is 0 Å². The van der Waals surface area contributed by atoms with Crippen molar-refractivity contribution in [2.45, 2.75) is 72.3 Å². The van der Waals surface area contributed by atoms with Crippen LogP contribution < -0.4 is 0 Å². The molecule has 1 aliphatic rings. The van der Waals surface area contributed by atoms with Gasteiger partial charge in [0.2, 0.25) is 0 Å². The maximum Gasteiger partial charge on any atom is 0.00672 e. The Bertz CT molecular complexity index is 454. The van der Waals surface area contributed by atoms with Crippen LogP contribution in [0, 0.1) is 11.8 Å². The molecule has 0 radical (unpaired) electrons. The number of benzene rings is 1. The minimum atomic E-state index is 0.253. The maximum absolute atomic E-state index is 2.71. The van der Waals surface area contributed by atoms with E-state index in [1.165, 1.54) is 43.5 Å². The number of nitrogens with zero attached hydrogens (tertiary/aromatic N) is 1. The molecular formula is C21H35N. The van der Waals surface area contributed by atoms with Gasteiger partial charge in [-0.05, 0) is 54.6 Å². The number of piperidine rings is 1. The van der Waals surface area contributed by atoms with E-state index in [0.29, 0.717) is 0 Å². The Morgan fingerprint density at radius 1 is 1.09 bits per heavy atom. The highest BCUT2D eigenvalue weighted by Gasteiger charge is 2.24. The highest BCUT2D eigenvalue weighted by Crippen LogP contribution is 2.25. The average Bonchev–Trinajstić information content (AvgIpc) is 2.42. The van der Waals surface area contributed by atoms with E-state index in [1.54, 1.807) is 0 Å². The molecule has 0 saturated carbocycles. The van der Waals surface area contributed by atoms with Gasteiger partial charge in [0.05, 0.1) is 0 Å². The number of hydrogen-bond donors (Lipinski definition) is 0. The van der Waals surface area contributed by atoms with E-state index in [-0.39, 0.29) is 5.41 Å². The van der Waals surface area contributed by atoms with Gasteiger partial charge < -0.3 is 4.90 Å². The van der Waals surface area contributed by atoms with Crippen LogP contribution in [0.2, 0.25) is 0 Å². The molecule has 0 bridgehead atoms. The zero-order chi connectivity index (χ0) is 16.3. The average molecular weight is 302 g/mol. The Morgan fingerprint density at radius 3 is 2.32 bits per heavy atom.